The van der Waals surface area contributed by atoms with Gasteiger partial charge in [0, 0.05) is 24.9 Å². The van der Waals surface area contributed by atoms with E-state index in [2.05, 4.69) is 0 Å². The Labute approximate surface area is 89.2 Å². The molecule has 1 aliphatic rings. The summed E-state index contributed by atoms with van der Waals surface area (Å²) in [7, 11) is 0. The number of amides is 1. The van der Waals surface area contributed by atoms with Crippen molar-refractivity contribution in [3.05, 3.63) is 0 Å². The summed E-state index contributed by atoms with van der Waals surface area (Å²) in [6.45, 7) is 5.30. The minimum atomic E-state index is -0.781. The molecule has 0 aromatic rings. The molecule has 1 saturated heterocycles. The molecule has 0 aromatic carbocycles. The highest BCUT2D eigenvalue weighted by Crippen LogP contribution is 2.35. The second kappa shape index (κ2) is 4.05. The Balaban J connectivity index is 2.72. The number of likely N-dealkylation sites (tertiary alicyclic amines) is 1. The van der Waals surface area contributed by atoms with Gasteiger partial charge in [0.1, 0.15) is 4.87 Å². The molecule has 4 heteroatoms. The van der Waals surface area contributed by atoms with Gasteiger partial charge in [-0.2, -0.15) is 0 Å². The standard InChI is InChI=1S/C9H15Cl2NO/c1-3-4-12-6-7(5-10)9(2,11)8(12)13/h7H,3-6H2,1-2H3. The average molecular weight is 224 g/mol. The normalized spacial score (nSPS) is 34.3. The van der Waals surface area contributed by atoms with Gasteiger partial charge in [-0.15, -0.1) is 23.2 Å². The van der Waals surface area contributed by atoms with Crippen LogP contribution in [0.4, 0.5) is 0 Å². The quantitative estimate of drug-likeness (QED) is 0.672. The summed E-state index contributed by atoms with van der Waals surface area (Å²) in [6, 6.07) is 0. The van der Waals surface area contributed by atoms with E-state index in [1.165, 1.54) is 0 Å². The topological polar surface area (TPSA) is 20.3 Å². The largest absolute Gasteiger partial charge is 0.341 e. The summed E-state index contributed by atoms with van der Waals surface area (Å²) in [5, 5.41) is 0. The zero-order chi connectivity index (χ0) is 10.1. The Morgan fingerprint density at radius 1 is 1.69 bits per heavy atom. The summed E-state index contributed by atoms with van der Waals surface area (Å²) < 4.78 is 0. The average Bonchev–Trinajstić information content (AvgIpc) is 2.29. The van der Waals surface area contributed by atoms with E-state index in [0.717, 1.165) is 13.0 Å². The van der Waals surface area contributed by atoms with Crippen molar-refractivity contribution in [2.75, 3.05) is 19.0 Å². The molecule has 2 unspecified atom stereocenters. The Morgan fingerprint density at radius 2 is 2.31 bits per heavy atom. The van der Waals surface area contributed by atoms with Crippen molar-refractivity contribution in [2.45, 2.75) is 25.1 Å². The molecule has 13 heavy (non-hydrogen) atoms. The fourth-order valence-electron chi connectivity index (χ4n) is 1.66. The Hall–Kier alpha value is 0.0500. The first kappa shape index (κ1) is 11.1. The lowest BCUT2D eigenvalue weighted by atomic mass is 9.99. The van der Waals surface area contributed by atoms with Crippen LogP contribution in [0.25, 0.3) is 0 Å². The first-order valence-corrected chi connectivity index (χ1v) is 5.49. The fourth-order valence-corrected chi connectivity index (χ4v) is 2.41. The maximum Gasteiger partial charge on any atom is 0.243 e. The molecular weight excluding hydrogens is 209 g/mol. The van der Waals surface area contributed by atoms with Crippen LogP contribution in [0, 0.1) is 5.92 Å². The monoisotopic (exact) mass is 223 g/mol. The minimum absolute atomic E-state index is 0.0293. The molecule has 2 nitrogen and oxygen atoms in total. The van der Waals surface area contributed by atoms with Crippen molar-refractivity contribution >= 4 is 29.1 Å². The zero-order valence-corrected chi connectivity index (χ0v) is 9.53. The molecular formula is C9H15Cl2NO. The molecule has 0 aromatic heterocycles. The smallest absolute Gasteiger partial charge is 0.243 e. The second-order valence-electron chi connectivity index (χ2n) is 3.68. The first-order valence-electron chi connectivity index (χ1n) is 4.58. The van der Waals surface area contributed by atoms with Crippen molar-refractivity contribution in [2.24, 2.45) is 5.92 Å². The number of nitrogens with zero attached hydrogens (tertiary/aromatic N) is 1. The van der Waals surface area contributed by atoms with Crippen molar-refractivity contribution < 1.29 is 4.79 Å². The second-order valence-corrected chi connectivity index (χ2v) is 4.77. The van der Waals surface area contributed by atoms with Gasteiger partial charge in [-0.3, -0.25) is 4.79 Å². The first-order chi connectivity index (χ1) is 6.04. The van der Waals surface area contributed by atoms with Gasteiger partial charge in [0.25, 0.3) is 0 Å². The summed E-state index contributed by atoms with van der Waals surface area (Å²) in [4.78, 5) is 12.7. The zero-order valence-electron chi connectivity index (χ0n) is 8.02. The number of rotatable bonds is 3. The van der Waals surface area contributed by atoms with Crippen LogP contribution in [-0.2, 0) is 4.79 Å². The number of alkyl halides is 2. The molecule has 0 radical (unpaired) electrons. The van der Waals surface area contributed by atoms with Gasteiger partial charge in [0.2, 0.25) is 5.91 Å². The van der Waals surface area contributed by atoms with Crippen LogP contribution >= 0.6 is 23.2 Å². The van der Waals surface area contributed by atoms with Crippen LogP contribution in [-0.4, -0.2) is 34.7 Å². The van der Waals surface area contributed by atoms with Crippen molar-refractivity contribution in [1.82, 2.24) is 4.90 Å². The number of carbonyl (C=O) groups is 1. The van der Waals surface area contributed by atoms with E-state index in [4.69, 9.17) is 23.2 Å². The molecule has 0 N–H and O–H groups in total. The van der Waals surface area contributed by atoms with Gasteiger partial charge in [-0.25, -0.2) is 0 Å². The summed E-state index contributed by atoms with van der Waals surface area (Å²) in [6.07, 6.45) is 0.966. The predicted octanol–water partition coefficient (Wildman–Crippen LogP) is 2.09. The van der Waals surface area contributed by atoms with E-state index in [-0.39, 0.29) is 11.8 Å². The highest BCUT2D eigenvalue weighted by molar-refractivity contribution is 6.36. The van der Waals surface area contributed by atoms with Crippen LogP contribution < -0.4 is 0 Å². The lowest BCUT2D eigenvalue weighted by molar-refractivity contribution is -0.129. The molecule has 1 fully saturated rings. The SMILES string of the molecule is CCCN1CC(CCl)C(C)(Cl)C1=O. The van der Waals surface area contributed by atoms with Crippen molar-refractivity contribution in [3.8, 4) is 0 Å². The number of carbonyl (C=O) groups excluding carboxylic acids is 1. The molecule has 0 aliphatic carbocycles. The molecule has 1 aliphatic heterocycles. The summed E-state index contributed by atoms with van der Waals surface area (Å²) in [5.74, 6) is 0.558. The third-order valence-corrected chi connectivity index (χ3v) is 3.44. The Kier molecular flexibility index (Phi) is 3.47. The maximum absolute atomic E-state index is 11.7. The lowest BCUT2D eigenvalue weighted by Crippen LogP contribution is -2.35. The van der Waals surface area contributed by atoms with Crippen molar-refractivity contribution in [3.63, 3.8) is 0 Å². The third-order valence-electron chi connectivity index (χ3n) is 2.59. The molecule has 0 spiro atoms. The van der Waals surface area contributed by atoms with Crippen LogP contribution in [0.15, 0.2) is 0 Å². The minimum Gasteiger partial charge on any atom is -0.341 e. The molecule has 76 valence electrons. The molecule has 1 amide bonds. The predicted molar refractivity (Wildman–Crippen MR) is 55.3 cm³/mol. The molecule has 0 saturated carbocycles. The highest BCUT2D eigenvalue weighted by atomic mass is 35.5. The summed E-state index contributed by atoms with van der Waals surface area (Å²) in [5.41, 5.74) is 0. The molecule has 2 atom stereocenters. The maximum atomic E-state index is 11.7. The van der Waals surface area contributed by atoms with Gasteiger partial charge in [0.15, 0.2) is 0 Å². The van der Waals surface area contributed by atoms with Crippen LogP contribution in [0.2, 0.25) is 0 Å². The fraction of sp³-hybridized carbons (Fsp3) is 0.889. The number of halogens is 2. The Morgan fingerprint density at radius 3 is 2.69 bits per heavy atom. The van der Waals surface area contributed by atoms with E-state index < -0.39 is 4.87 Å². The van der Waals surface area contributed by atoms with Crippen LogP contribution in [0.1, 0.15) is 20.3 Å². The van der Waals surface area contributed by atoms with Gasteiger partial charge < -0.3 is 4.90 Å². The molecule has 1 rings (SSSR count). The number of hydrogen-bond acceptors (Lipinski definition) is 1. The van der Waals surface area contributed by atoms with E-state index in [9.17, 15) is 4.79 Å². The Bertz CT molecular complexity index is 206. The summed E-state index contributed by atoms with van der Waals surface area (Å²) >= 11 is 11.9. The van der Waals surface area contributed by atoms with Crippen molar-refractivity contribution in [1.29, 1.82) is 0 Å². The molecule has 0 bridgehead atoms. The van der Waals surface area contributed by atoms with E-state index >= 15 is 0 Å². The molecule has 1 heterocycles. The third kappa shape index (κ3) is 1.94. The van der Waals surface area contributed by atoms with Crippen LogP contribution in [0.3, 0.4) is 0 Å². The number of hydrogen-bond donors (Lipinski definition) is 0. The van der Waals surface area contributed by atoms with Gasteiger partial charge >= 0.3 is 0 Å². The highest BCUT2D eigenvalue weighted by Gasteiger charge is 2.48. The van der Waals surface area contributed by atoms with Gasteiger partial charge in [-0.05, 0) is 13.3 Å². The van der Waals surface area contributed by atoms with Crippen LogP contribution in [0.5, 0.6) is 0 Å². The van der Waals surface area contributed by atoms with Gasteiger partial charge in [0.05, 0.1) is 0 Å². The van der Waals surface area contributed by atoms with E-state index in [1.807, 2.05) is 6.92 Å². The van der Waals surface area contributed by atoms with Gasteiger partial charge in [-0.1, -0.05) is 6.92 Å². The van der Waals surface area contributed by atoms with E-state index in [1.54, 1.807) is 11.8 Å². The lowest BCUT2D eigenvalue weighted by Gasteiger charge is -2.18. The van der Waals surface area contributed by atoms with E-state index in [0.29, 0.717) is 12.4 Å².